The first-order valence-corrected chi connectivity index (χ1v) is 7.83. The third-order valence-electron chi connectivity index (χ3n) is 3.67. The fourth-order valence-corrected chi connectivity index (χ4v) is 2.64. The van der Waals surface area contributed by atoms with Crippen molar-refractivity contribution in [1.82, 2.24) is 10.2 Å². The van der Waals surface area contributed by atoms with Crippen molar-refractivity contribution in [3.63, 3.8) is 0 Å². The topological polar surface area (TPSA) is 61.8 Å². The summed E-state index contributed by atoms with van der Waals surface area (Å²) in [6.45, 7) is 7.14. The van der Waals surface area contributed by atoms with Gasteiger partial charge in [0.1, 0.15) is 11.4 Å². The third-order valence-corrected chi connectivity index (χ3v) is 3.67. The lowest BCUT2D eigenvalue weighted by Gasteiger charge is -2.25. The molecule has 0 aliphatic carbocycles. The minimum absolute atomic E-state index is 0.0249. The molecule has 1 aliphatic rings. The number of carbonyl (C=O) groups excluding carboxylic acids is 1. The van der Waals surface area contributed by atoms with Crippen molar-refractivity contribution in [3.8, 4) is 5.75 Å². The third kappa shape index (κ3) is 4.37. The molecule has 0 saturated carbocycles. The van der Waals surface area contributed by atoms with Crippen molar-refractivity contribution < 1.29 is 14.6 Å². The predicted molar refractivity (Wildman–Crippen MR) is 85.9 cm³/mol. The summed E-state index contributed by atoms with van der Waals surface area (Å²) in [6.07, 6.45) is 1.82. The molecule has 1 aromatic carbocycles. The van der Waals surface area contributed by atoms with E-state index in [0.717, 1.165) is 24.2 Å². The molecule has 2 rings (SSSR count). The van der Waals surface area contributed by atoms with E-state index in [1.165, 1.54) is 0 Å². The molecule has 122 valence electrons. The number of likely N-dealkylation sites (tertiary alicyclic amines) is 1. The second-order valence-electron chi connectivity index (χ2n) is 6.65. The second kappa shape index (κ2) is 7.01. The fourth-order valence-electron chi connectivity index (χ4n) is 2.64. The number of carbonyl (C=O) groups is 1. The maximum absolute atomic E-state index is 12.2. The molecule has 1 aliphatic heterocycles. The lowest BCUT2D eigenvalue weighted by atomic mass is 10.1. The van der Waals surface area contributed by atoms with Crippen LogP contribution in [-0.4, -0.2) is 40.8 Å². The summed E-state index contributed by atoms with van der Waals surface area (Å²) in [6, 6.07) is 7.55. The summed E-state index contributed by atoms with van der Waals surface area (Å²) in [5.41, 5.74) is 0.669. The lowest BCUT2D eigenvalue weighted by Crippen LogP contribution is -2.43. The first kappa shape index (κ1) is 16.6. The molecule has 1 aromatic rings. The Morgan fingerprint density at radius 3 is 2.82 bits per heavy atom. The molecule has 0 aromatic heterocycles. The van der Waals surface area contributed by atoms with Crippen molar-refractivity contribution in [2.24, 2.45) is 0 Å². The second-order valence-corrected chi connectivity index (χ2v) is 6.65. The summed E-state index contributed by atoms with van der Waals surface area (Å²) in [5.74, 6) is 0.787. The molecule has 5 nitrogen and oxygen atoms in total. The highest BCUT2D eigenvalue weighted by Crippen LogP contribution is 2.23. The molecule has 1 saturated heterocycles. The molecule has 0 bridgehead atoms. The van der Waals surface area contributed by atoms with Gasteiger partial charge in [-0.05, 0) is 39.7 Å². The van der Waals surface area contributed by atoms with E-state index in [4.69, 9.17) is 4.74 Å². The summed E-state index contributed by atoms with van der Waals surface area (Å²) in [5, 5.41) is 12.2. The van der Waals surface area contributed by atoms with Gasteiger partial charge in [0.15, 0.2) is 0 Å². The fraction of sp³-hybridized carbons (Fsp3) is 0.588. The van der Waals surface area contributed by atoms with E-state index in [2.05, 4.69) is 5.32 Å². The molecule has 2 amide bonds. The van der Waals surface area contributed by atoms with Gasteiger partial charge in [-0.25, -0.2) is 4.79 Å². The lowest BCUT2D eigenvalue weighted by molar-refractivity contribution is 0.129. The van der Waals surface area contributed by atoms with Gasteiger partial charge >= 0.3 is 6.03 Å². The van der Waals surface area contributed by atoms with E-state index >= 15 is 0 Å². The smallest absolute Gasteiger partial charge is 0.317 e. The first-order chi connectivity index (χ1) is 10.4. The van der Waals surface area contributed by atoms with E-state index in [-0.39, 0.29) is 24.3 Å². The van der Waals surface area contributed by atoms with Crippen LogP contribution in [0.25, 0.3) is 0 Å². The minimum atomic E-state index is -0.281. The quantitative estimate of drug-likeness (QED) is 0.898. The van der Waals surface area contributed by atoms with E-state index < -0.39 is 0 Å². The van der Waals surface area contributed by atoms with Crippen LogP contribution in [0.1, 0.15) is 39.2 Å². The van der Waals surface area contributed by atoms with Crippen LogP contribution >= 0.6 is 0 Å². The Kier molecular flexibility index (Phi) is 5.29. The SMILES string of the molecule is CC(C)(C)Oc1ccccc1CNC(=O)N1CCCC1CO. The highest BCUT2D eigenvalue weighted by molar-refractivity contribution is 5.75. The molecule has 5 heteroatoms. The van der Waals surface area contributed by atoms with Crippen LogP contribution in [0.5, 0.6) is 5.75 Å². The zero-order chi connectivity index (χ0) is 16.2. The highest BCUT2D eigenvalue weighted by Gasteiger charge is 2.27. The van der Waals surface area contributed by atoms with Gasteiger partial charge < -0.3 is 20.1 Å². The molecular weight excluding hydrogens is 280 g/mol. The van der Waals surface area contributed by atoms with E-state index in [1.807, 2.05) is 45.0 Å². The van der Waals surface area contributed by atoms with Gasteiger partial charge in [0, 0.05) is 18.7 Å². The van der Waals surface area contributed by atoms with Gasteiger partial charge in [-0.3, -0.25) is 0 Å². The maximum Gasteiger partial charge on any atom is 0.317 e. The Morgan fingerprint density at radius 2 is 2.14 bits per heavy atom. The number of amides is 2. The average molecular weight is 306 g/mol. The number of nitrogens with one attached hydrogen (secondary N) is 1. The number of urea groups is 1. The van der Waals surface area contributed by atoms with Crippen LogP contribution in [0.4, 0.5) is 4.79 Å². The average Bonchev–Trinajstić information content (AvgIpc) is 2.93. The highest BCUT2D eigenvalue weighted by atomic mass is 16.5. The molecule has 0 spiro atoms. The van der Waals surface area contributed by atoms with Crippen LogP contribution in [0.3, 0.4) is 0 Å². The maximum atomic E-state index is 12.2. The number of hydrogen-bond acceptors (Lipinski definition) is 3. The molecule has 1 fully saturated rings. The Bertz CT molecular complexity index is 511. The van der Waals surface area contributed by atoms with Gasteiger partial charge in [0.25, 0.3) is 0 Å². The van der Waals surface area contributed by atoms with Crippen molar-refractivity contribution in [2.75, 3.05) is 13.2 Å². The Labute approximate surface area is 132 Å². The molecule has 2 N–H and O–H groups in total. The van der Waals surface area contributed by atoms with Gasteiger partial charge in [-0.15, -0.1) is 0 Å². The van der Waals surface area contributed by atoms with Crippen molar-refractivity contribution >= 4 is 6.03 Å². The summed E-state index contributed by atoms with van der Waals surface area (Å²) in [7, 11) is 0. The molecule has 1 unspecified atom stereocenters. The van der Waals surface area contributed by atoms with Crippen molar-refractivity contribution in [2.45, 2.75) is 51.8 Å². The van der Waals surface area contributed by atoms with Crippen LogP contribution < -0.4 is 10.1 Å². The summed E-state index contributed by atoms with van der Waals surface area (Å²) < 4.78 is 5.93. The van der Waals surface area contributed by atoms with Gasteiger partial charge in [0.2, 0.25) is 0 Å². The van der Waals surface area contributed by atoms with Crippen molar-refractivity contribution in [3.05, 3.63) is 29.8 Å². The van der Waals surface area contributed by atoms with Crippen LogP contribution in [0.2, 0.25) is 0 Å². The predicted octanol–water partition coefficient (Wildman–Crippen LogP) is 2.53. The number of hydrogen-bond donors (Lipinski definition) is 2. The molecule has 1 heterocycles. The number of benzene rings is 1. The monoisotopic (exact) mass is 306 g/mol. The normalized spacial score (nSPS) is 18.4. The van der Waals surface area contributed by atoms with Crippen LogP contribution in [0.15, 0.2) is 24.3 Å². The van der Waals surface area contributed by atoms with Crippen LogP contribution in [-0.2, 0) is 6.54 Å². The van der Waals surface area contributed by atoms with Gasteiger partial charge in [-0.1, -0.05) is 18.2 Å². The Balaban J connectivity index is 1.98. The largest absolute Gasteiger partial charge is 0.488 e. The van der Waals surface area contributed by atoms with E-state index in [9.17, 15) is 9.90 Å². The molecular formula is C17H26N2O3. The molecule has 0 radical (unpaired) electrons. The number of aliphatic hydroxyl groups is 1. The first-order valence-electron chi connectivity index (χ1n) is 7.83. The number of ether oxygens (including phenoxy) is 1. The van der Waals surface area contributed by atoms with Gasteiger partial charge in [-0.2, -0.15) is 0 Å². The summed E-state index contributed by atoms with van der Waals surface area (Å²) in [4.78, 5) is 14.0. The number of aliphatic hydroxyl groups excluding tert-OH is 1. The standard InChI is InChI=1S/C17H26N2O3/c1-17(2,3)22-15-9-5-4-7-13(15)11-18-16(21)19-10-6-8-14(19)12-20/h4-5,7,9,14,20H,6,8,10-12H2,1-3H3,(H,18,21). The Hall–Kier alpha value is -1.75. The van der Waals surface area contributed by atoms with E-state index in [0.29, 0.717) is 13.1 Å². The molecule has 1 atom stereocenters. The van der Waals surface area contributed by atoms with Crippen molar-refractivity contribution in [1.29, 1.82) is 0 Å². The minimum Gasteiger partial charge on any atom is -0.488 e. The van der Waals surface area contributed by atoms with E-state index in [1.54, 1.807) is 4.90 Å². The number of rotatable bonds is 4. The molecule has 22 heavy (non-hydrogen) atoms. The van der Waals surface area contributed by atoms with Crippen LogP contribution in [0, 0.1) is 0 Å². The zero-order valence-electron chi connectivity index (χ0n) is 13.6. The zero-order valence-corrected chi connectivity index (χ0v) is 13.6. The summed E-state index contributed by atoms with van der Waals surface area (Å²) >= 11 is 0. The van der Waals surface area contributed by atoms with Gasteiger partial charge in [0.05, 0.1) is 12.6 Å². The number of para-hydroxylation sites is 1. The number of nitrogens with zero attached hydrogens (tertiary/aromatic N) is 1. The Morgan fingerprint density at radius 1 is 1.41 bits per heavy atom.